The third kappa shape index (κ3) is 4.61. The molecule has 3 rings (SSSR count). The predicted molar refractivity (Wildman–Crippen MR) is 97.5 cm³/mol. The monoisotopic (exact) mass is 344 g/mol. The van der Waals surface area contributed by atoms with E-state index in [0.717, 1.165) is 55.6 Å². The number of aliphatic imine (C=N–C) groups is 1. The first-order valence-corrected chi connectivity index (χ1v) is 9.17. The van der Waals surface area contributed by atoms with Crippen molar-refractivity contribution in [2.45, 2.75) is 65.1 Å². The Bertz CT molecular complexity index is 690. The Labute approximate surface area is 148 Å². The lowest BCUT2D eigenvalue weighted by molar-refractivity contribution is 0.396. The quantitative estimate of drug-likeness (QED) is 0.622. The van der Waals surface area contributed by atoms with Gasteiger partial charge in [-0.05, 0) is 45.2 Å². The Hall–Kier alpha value is -2.31. The van der Waals surface area contributed by atoms with Gasteiger partial charge in [0, 0.05) is 25.6 Å². The molecule has 25 heavy (non-hydrogen) atoms. The fourth-order valence-electron chi connectivity index (χ4n) is 2.97. The van der Waals surface area contributed by atoms with Gasteiger partial charge in [-0.1, -0.05) is 6.92 Å². The average Bonchev–Trinajstić information content (AvgIpc) is 3.23. The van der Waals surface area contributed by atoms with E-state index < -0.39 is 0 Å². The fraction of sp³-hybridized carbons (Fsp3) is 0.611. The zero-order valence-electron chi connectivity index (χ0n) is 15.3. The van der Waals surface area contributed by atoms with Gasteiger partial charge in [-0.15, -0.1) is 0 Å². The molecule has 0 saturated carbocycles. The summed E-state index contributed by atoms with van der Waals surface area (Å²) in [5, 5.41) is 11.5. The zero-order valence-corrected chi connectivity index (χ0v) is 15.3. The number of hydrogen-bond donors (Lipinski definition) is 2. The molecule has 3 heterocycles. The Balaban J connectivity index is 1.68. The van der Waals surface area contributed by atoms with Crippen LogP contribution in [0.2, 0.25) is 0 Å². The van der Waals surface area contributed by atoms with Crippen LogP contribution in [0.3, 0.4) is 0 Å². The van der Waals surface area contributed by atoms with Crippen molar-refractivity contribution in [2.75, 3.05) is 6.54 Å². The molecule has 7 nitrogen and oxygen atoms in total. The van der Waals surface area contributed by atoms with E-state index in [2.05, 4.69) is 34.6 Å². The molecule has 0 aromatic carbocycles. The number of aryl methyl sites for hydroxylation is 2. The molecule has 0 spiro atoms. The number of hydrogen-bond acceptors (Lipinski definition) is 4. The van der Waals surface area contributed by atoms with Crippen molar-refractivity contribution in [2.24, 2.45) is 4.99 Å². The molecule has 0 saturated heterocycles. The first kappa shape index (κ1) is 17.5. The van der Waals surface area contributed by atoms with Gasteiger partial charge in [0.1, 0.15) is 17.4 Å². The van der Waals surface area contributed by atoms with Crippen LogP contribution in [-0.2, 0) is 13.0 Å². The average molecular weight is 344 g/mol. The fourth-order valence-corrected chi connectivity index (χ4v) is 2.97. The highest BCUT2D eigenvalue weighted by molar-refractivity contribution is 5.80. The van der Waals surface area contributed by atoms with Crippen molar-refractivity contribution in [3.8, 4) is 0 Å². The van der Waals surface area contributed by atoms with E-state index in [-0.39, 0.29) is 6.04 Å². The second-order valence-corrected chi connectivity index (χ2v) is 6.59. The van der Waals surface area contributed by atoms with Crippen LogP contribution in [0, 0.1) is 6.92 Å². The van der Waals surface area contributed by atoms with E-state index >= 15 is 0 Å². The van der Waals surface area contributed by atoms with E-state index in [4.69, 9.17) is 9.41 Å². The summed E-state index contributed by atoms with van der Waals surface area (Å²) in [7, 11) is 0. The van der Waals surface area contributed by atoms with Crippen LogP contribution in [-0.4, -0.2) is 33.3 Å². The highest BCUT2D eigenvalue weighted by atomic mass is 16.3. The molecule has 1 aliphatic heterocycles. The third-order valence-corrected chi connectivity index (χ3v) is 4.50. The van der Waals surface area contributed by atoms with Gasteiger partial charge in [0.15, 0.2) is 5.96 Å². The molecule has 0 fully saturated rings. The summed E-state index contributed by atoms with van der Waals surface area (Å²) in [6, 6.07) is 4.40. The second-order valence-electron chi connectivity index (χ2n) is 6.59. The molecule has 2 unspecified atom stereocenters. The summed E-state index contributed by atoms with van der Waals surface area (Å²) in [6.07, 6.45) is 5.67. The van der Waals surface area contributed by atoms with Crippen LogP contribution in [0.4, 0.5) is 0 Å². The first-order chi connectivity index (χ1) is 12.2. The number of guanidine groups is 1. The lowest BCUT2D eigenvalue weighted by Gasteiger charge is -2.26. The number of nitrogens with zero attached hydrogens (tertiary/aromatic N) is 4. The highest BCUT2D eigenvalue weighted by Crippen LogP contribution is 2.22. The van der Waals surface area contributed by atoms with Crippen molar-refractivity contribution in [3.05, 3.63) is 35.8 Å². The van der Waals surface area contributed by atoms with Crippen molar-refractivity contribution in [1.82, 2.24) is 25.4 Å². The number of nitrogens with one attached hydrogen (secondary N) is 2. The molecular weight excluding hydrogens is 316 g/mol. The molecule has 2 N–H and O–H groups in total. The minimum Gasteiger partial charge on any atom is -0.469 e. The number of fused-ring (bicyclic) bond motifs is 1. The molecule has 2 aromatic rings. The summed E-state index contributed by atoms with van der Waals surface area (Å²) in [6.45, 7) is 7.89. The van der Waals surface area contributed by atoms with Gasteiger partial charge in [0.25, 0.3) is 0 Å². The molecule has 7 heteroatoms. The standard InChI is InChI=1S/C18H28N6O/c1-4-13(2)20-18(19-10-9-15-7-6-12-25-15)22-16-8-5-11-24-17(16)21-14(3)23-24/h6-7,12-13,16H,4-5,8-11H2,1-3H3,(H2,19,20,22). The number of rotatable bonds is 6. The molecule has 2 aromatic heterocycles. The van der Waals surface area contributed by atoms with Crippen LogP contribution in [0.1, 0.15) is 56.6 Å². The molecule has 0 amide bonds. The van der Waals surface area contributed by atoms with Gasteiger partial charge in [0.05, 0.1) is 12.3 Å². The van der Waals surface area contributed by atoms with Crippen LogP contribution in [0.25, 0.3) is 0 Å². The van der Waals surface area contributed by atoms with Crippen molar-refractivity contribution >= 4 is 5.96 Å². The van der Waals surface area contributed by atoms with Gasteiger partial charge in [-0.25, -0.2) is 9.67 Å². The second kappa shape index (κ2) is 8.18. The number of aromatic nitrogens is 3. The maximum atomic E-state index is 5.39. The topological polar surface area (TPSA) is 80.3 Å². The zero-order chi connectivity index (χ0) is 17.6. The SMILES string of the molecule is CCC(C)NC(=NCCc1ccco1)NC1CCCn2nc(C)nc21. The van der Waals surface area contributed by atoms with E-state index in [1.807, 2.05) is 23.7 Å². The molecule has 136 valence electrons. The highest BCUT2D eigenvalue weighted by Gasteiger charge is 2.24. The van der Waals surface area contributed by atoms with Crippen molar-refractivity contribution in [3.63, 3.8) is 0 Å². The van der Waals surface area contributed by atoms with Gasteiger partial charge in [0.2, 0.25) is 0 Å². The van der Waals surface area contributed by atoms with Crippen LogP contribution >= 0.6 is 0 Å². The molecule has 2 atom stereocenters. The predicted octanol–water partition coefficient (Wildman–Crippen LogP) is 2.59. The van der Waals surface area contributed by atoms with E-state index in [0.29, 0.717) is 12.6 Å². The van der Waals surface area contributed by atoms with E-state index in [1.54, 1.807) is 6.26 Å². The summed E-state index contributed by atoms with van der Waals surface area (Å²) in [4.78, 5) is 9.33. The Morgan fingerprint density at radius 2 is 2.40 bits per heavy atom. The molecule has 0 bridgehead atoms. The van der Waals surface area contributed by atoms with E-state index in [1.165, 1.54) is 0 Å². The summed E-state index contributed by atoms with van der Waals surface area (Å²) >= 11 is 0. The lowest BCUT2D eigenvalue weighted by Crippen LogP contribution is -2.45. The van der Waals surface area contributed by atoms with Crippen molar-refractivity contribution < 1.29 is 4.42 Å². The van der Waals surface area contributed by atoms with Gasteiger partial charge >= 0.3 is 0 Å². The van der Waals surface area contributed by atoms with E-state index in [9.17, 15) is 0 Å². The molecule has 0 radical (unpaired) electrons. The lowest BCUT2D eigenvalue weighted by atomic mass is 10.1. The third-order valence-electron chi connectivity index (χ3n) is 4.50. The van der Waals surface area contributed by atoms with Gasteiger partial charge in [-0.2, -0.15) is 5.10 Å². The maximum absolute atomic E-state index is 5.39. The summed E-state index contributed by atoms with van der Waals surface area (Å²) in [5.41, 5.74) is 0. The Morgan fingerprint density at radius 3 is 3.16 bits per heavy atom. The number of furan rings is 1. The van der Waals surface area contributed by atoms with Crippen LogP contribution in [0.5, 0.6) is 0 Å². The maximum Gasteiger partial charge on any atom is 0.192 e. The first-order valence-electron chi connectivity index (χ1n) is 9.17. The largest absolute Gasteiger partial charge is 0.469 e. The molecule has 1 aliphatic rings. The normalized spacial score (nSPS) is 18.7. The summed E-state index contributed by atoms with van der Waals surface area (Å²) < 4.78 is 7.40. The smallest absolute Gasteiger partial charge is 0.192 e. The Kier molecular flexibility index (Phi) is 5.73. The minimum atomic E-state index is 0.147. The van der Waals surface area contributed by atoms with Crippen LogP contribution < -0.4 is 10.6 Å². The Morgan fingerprint density at radius 1 is 1.52 bits per heavy atom. The van der Waals surface area contributed by atoms with Gasteiger partial charge in [-0.3, -0.25) is 4.99 Å². The molecular formula is C18H28N6O. The van der Waals surface area contributed by atoms with Crippen molar-refractivity contribution in [1.29, 1.82) is 0 Å². The van der Waals surface area contributed by atoms with Gasteiger partial charge < -0.3 is 15.1 Å². The summed E-state index contributed by atoms with van der Waals surface area (Å²) in [5.74, 6) is 3.63. The van der Waals surface area contributed by atoms with Crippen LogP contribution in [0.15, 0.2) is 27.8 Å². The minimum absolute atomic E-state index is 0.147. The molecule has 0 aliphatic carbocycles.